The molecule has 0 unspecified atom stereocenters. The van der Waals surface area contributed by atoms with E-state index in [-0.39, 0.29) is 73.6 Å². The Bertz CT molecular complexity index is 2800. The number of carbonyl (C=O) groups excluding carboxylic acids is 9. The van der Waals surface area contributed by atoms with Crippen LogP contribution in [0, 0.1) is 5.92 Å². The maximum Gasteiger partial charge on any atom is 0.248 e. The number of aromatic hydroxyl groups is 2. The van der Waals surface area contributed by atoms with Gasteiger partial charge in [-0.15, -0.1) is 0 Å². The second-order valence-electron chi connectivity index (χ2n) is 19.5. The van der Waals surface area contributed by atoms with E-state index in [1.54, 1.807) is 36.4 Å². The normalized spacial score (nSPS) is 20.7. The fraction of sp³-hybridized carbons (Fsp3) is 0.421. The SMILES string of the molecule is CC.C[C@@H](O)[C@@H]1NC(=O)[C@H](CCCCN)NC(=O)[C@@H](Cc2ccc(C(N)=O)cc2)NC(=O)[C@H](Cc2ccc(O)cc2)CC(=O)[C@H](NC(=O)[C@@H](N)Cc2ccc(Cl)cc2)CSSC[C@@H](C(=O)N[C@H](Cc2ccc(O)cc2)C(N)=O)N(C)C1=O. The third-order valence-electron chi connectivity index (χ3n) is 13.3. The highest BCUT2D eigenvalue weighted by atomic mass is 35.5. The Labute approximate surface area is 489 Å². The van der Waals surface area contributed by atoms with E-state index >= 15 is 0 Å². The highest BCUT2D eigenvalue weighted by Gasteiger charge is 2.39. The van der Waals surface area contributed by atoms with E-state index in [0.717, 1.165) is 26.5 Å². The standard InChI is InChI=1S/C55H69ClN10O12S2.C2H6/c1-30(67)47-55(78)66(2)45(54(77)62-42(49(60)72)25-34-12-20-39(69)21-13-34)29-80-79-28-44(64-51(74)40(58)24-32-8-16-37(56)17-9-32)46(70)27-36(23-31-10-18-38(68)19-11-31)50(73)63-43(26-33-6-14-35(15-7-33)48(59)71)53(76)61-41(52(75)65-47)5-3-4-22-57;1-2/h6-21,30,36,40-45,47,67-69H,3-5,22-29,57-58H2,1-2H3,(H2,59,71)(H2,60,72)(H,61,76)(H,62,77)(H,63,73)(H,64,74)(H,65,75);1-2H3/t30-,36-,40+,41+,42-,43-,44-,45+,47+;/m1./s1. The molecule has 1 fully saturated rings. The first-order valence-electron chi connectivity index (χ1n) is 26.7. The maximum atomic E-state index is 14.8. The van der Waals surface area contributed by atoms with Gasteiger partial charge in [0.15, 0.2) is 5.78 Å². The number of hydrogen-bond acceptors (Lipinski definition) is 16. The van der Waals surface area contributed by atoms with Gasteiger partial charge < -0.3 is 69.7 Å². The van der Waals surface area contributed by atoms with Gasteiger partial charge in [0.05, 0.1) is 18.2 Å². The molecule has 9 atom stereocenters. The highest BCUT2D eigenvalue weighted by molar-refractivity contribution is 8.76. The molecule has 0 aromatic heterocycles. The van der Waals surface area contributed by atoms with Crippen LogP contribution in [0.1, 0.15) is 79.1 Å². The maximum absolute atomic E-state index is 14.8. The number of nitrogens with one attached hydrogen (secondary N) is 5. The summed E-state index contributed by atoms with van der Waals surface area (Å²) in [4.78, 5) is 127. The minimum absolute atomic E-state index is 0.0395. The summed E-state index contributed by atoms with van der Waals surface area (Å²) >= 11 is 6.08. The van der Waals surface area contributed by atoms with E-state index in [0.29, 0.717) is 33.7 Å². The van der Waals surface area contributed by atoms with Gasteiger partial charge in [-0.05, 0) is 116 Å². The molecule has 22 nitrogen and oxygen atoms in total. The Morgan fingerprint density at radius 2 is 1.24 bits per heavy atom. The molecule has 25 heteroatoms. The lowest BCUT2D eigenvalue weighted by Crippen LogP contribution is -2.62. The Kier molecular flexibility index (Phi) is 27.6. The first kappa shape index (κ1) is 67.3. The summed E-state index contributed by atoms with van der Waals surface area (Å²) in [5, 5.41) is 44.9. The van der Waals surface area contributed by atoms with Crippen molar-refractivity contribution >= 4 is 86.2 Å². The van der Waals surface area contributed by atoms with Crippen LogP contribution in [0.3, 0.4) is 0 Å². The lowest BCUT2D eigenvalue weighted by molar-refractivity contribution is -0.144. The zero-order valence-electron chi connectivity index (χ0n) is 46.2. The molecule has 16 N–H and O–H groups in total. The van der Waals surface area contributed by atoms with Crippen LogP contribution in [-0.4, -0.2) is 147 Å². The molecule has 1 heterocycles. The molecule has 1 saturated heterocycles. The second kappa shape index (κ2) is 33.6. The molecule has 0 saturated carbocycles. The van der Waals surface area contributed by atoms with Gasteiger partial charge in [-0.1, -0.05) is 95.6 Å². The van der Waals surface area contributed by atoms with Crippen molar-refractivity contribution in [2.75, 3.05) is 25.1 Å². The minimum Gasteiger partial charge on any atom is -0.508 e. The van der Waals surface area contributed by atoms with Crippen molar-refractivity contribution in [1.29, 1.82) is 0 Å². The molecule has 444 valence electrons. The zero-order chi connectivity index (χ0) is 60.6. The summed E-state index contributed by atoms with van der Waals surface area (Å²) in [6.45, 7) is 5.45. The van der Waals surface area contributed by atoms with Crippen LogP contribution >= 0.6 is 33.2 Å². The summed E-state index contributed by atoms with van der Waals surface area (Å²) in [5.41, 5.74) is 25.8. The number of primary amides is 2. The monoisotopic (exact) mass is 1190 g/mol. The average molecular weight is 1190 g/mol. The number of nitrogens with zero attached hydrogens (tertiary/aromatic N) is 1. The number of unbranched alkanes of at least 4 members (excludes halogenated alkanes) is 1. The Morgan fingerprint density at radius 1 is 0.720 bits per heavy atom. The van der Waals surface area contributed by atoms with Crippen molar-refractivity contribution in [3.05, 3.63) is 130 Å². The van der Waals surface area contributed by atoms with Crippen molar-refractivity contribution in [3.8, 4) is 11.5 Å². The van der Waals surface area contributed by atoms with E-state index < -0.39 is 114 Å². The van der Waals surface area contributed by atoms with Crippen LogP contribution in [0.25, 0.3) is 0 Å². The van der Waals surface area contributed by atoms with Gasteiger partial charge in [0.25, 0.3) is 0 Å². The molecule has 4 aromatic carbocycles. The molecule has 0 bridgehead atoms. The fourth-order valence-electron chi connectivity index (χ4n) is 8.56. The van der Waals surface area contributed by atoms with Crippen LogP contribution in [0.2, 0.25) is 5.02 Å². The van der Waals surface area contributed by atoms with Gasteiger partial charge in [-0.25, -0.2) is 0 Å². The van der Waals surface area contributed by atoms with E-state index in [1.165, 1.54) is 74.6 Å². The summed E-state index contributed by atoms with van der Waals surface area (Å²) in [6.07, 6.45) is -1.88. The number of benzene rings is 4. The molecule has 1 aliphatic rings. The molecule has 1 aliphatic heterocycles. The van der Waals surface area contributed by atoms with E-state index in [9.17, 15) is 58.5 Å². The van der Waals surface area contributed by atoms with Crippen molar-refractivity contribution < 1.29 is 58.5 Å². The van der Waals surface area contributed by atoms with Crippen LogP contribution in [0.5, 0.6) is 11.5 Å². The van der Waals surface area contributed by atoms with Crippen molar-refractivity contribution in [2.45, 2.75) is 121 Å². The smallest absolute Gasteiger partial charge is 0.248 e. The van der Waals surface area contributed by atoms with Crippen molar-refractivity contribution in [3.63, 3.8) is 0 Å². The van der Waals surface area contributed by atoms with Gasteiger partial charge in [0.2, 0.25) is 47.3 Å². The number of aliphatic hydroxyl groups excluding tert-OH is 1. The number of ketones is 1. The first-order valence-corrected chi connectivity index (χ1v) is 29.6. The van der Waals surface area contributed by atoms with Crippen LogP contribution in [0.15, 0.2) is 97.1 Å². The van der Waals surface area contributed by atoms with Gasteiger partial charge in [-0.2, -0.15) is 0 Å². The van der Waals surface area contributed by atoms with Gasteiger partial charge in [0.1, 0.15) is 41.7 Å². The Morgan fingerprint density at radius 3 is 1.82 bits per heavy atom. The number of phenolic OH excluding ortho intramolecular Hbond substituents is 2. The summed E-state index contributed by atoms with van der Waals surface area (Å²) in [6, 6.07) is 14.3. The van der Waals surface area contributed by atoms with Gasteiger partial charge in [0, 0.05) is 54.3 Å². The van der Waals surface area contributed by atoms with E-state index in [4.69, 9.17) is 34.5 Å². The minimum atomic E-state index is -1.74. The molecule has 0 radical (unpaired) electrons. The number of amides is 8. The number of nitrogens with two attached hydrogens (primary N) is 4. The Hall–Kier alpha value is -7.22. The van der Waals surface area contributed by atoms with E-state index in [2.05, 4.69) is 26.6 Å². The molecule has 82 heavy (non-hydrogen) atoms. The molecular formula is C57H75ClN10O12S2. The quantitative estimate of drug-likeness (QED) is 0.0469. The predicted octanol–water partition coefficient (Wildman–Crippen LogP) is 1.69. The number of aliphatic hydroxyl groups is 1. The third kappa shape index (κ3) is 21.3. The lowest BCUT2D eigenvalue weighted by atomic mass is 9.90. The summed E-state index contributed by atoms with van der Waals surface area (Å²) in [5.74, 6) is -9.26. The lowest BCUT2D eigenvalue weighted by Gasteiger charge is -2.33. The highest BCUT2D eigenvalue weighted by Crippen LogP contribution is 2.27. The van der Waals surface area contributed by atoms with Crippen LogP contribution < -0.4 is 49.5 Å². The molecular weight excluding hydrogens is 1120 g/mol. The molecule has 0 spiro atoms. The number of hydrogen-bond donors (Lipinski definition) is 12. The largest absolute Gasteiger partial charge is 0.508 e. The Balaban J connectivity index is 0.00000714. The second-order valence-corrected chi connectivity index (χ2v) is 22.5. The van der Waals surface area contributed by atoms with Crippen molar-refractivity contribution in [1.82, 2.24) is 31.5 Å². The average Bonchev–Trinajstić information content (AvgIpc) is 3.58. The number of rotatable bonds is 19. The molecule has 4 aromatic rings. The van der Waals surface area contributed by atoms with Gasteiger partial charge in [-0.3, -0.25) is 43.2 Å². The number of halogens is 1. The summed E-state index contributed by atoms with van der Waals surface area (Å²) in [7, 11) is 3.25. The van der Waals surface area contributed by atoms with Gasteiger partial charge >= 0.3 is 0 Å². The molecule has 8 amide bonds. The number of Topliss-reactive ketones (excluding diaryl/α,β-unsaturated/α-hetero) is 1. The summed E-state index contributed by atoms with van der Waals surface area (Å²) < 4.78 is 0. The topological polar surface area (TPSA) is 382 Å². The third-order valence-corrected chi connectivity index (χ3v) is 15.9. The first-order chi connectivity index (χ1) is 39.0. The van der Waals surface area contributed by atoms with Crippen LogP contribution in [-0.2, 0) is 64.0 Å². The van der Waals surface area contributed by atoms with Crippen molar-refractivity contribution in [2.24, 2.45) is 28.9 Å². The predicted molar refractivity (Wildman–Crippen MR) is 315 cm³/mol. The van der Waals surface area contributed by atoms with Crippen LogP contribution in [0.4, 0.5) is 0 Å². The number of likely N-dealkylation sites (N-methyl/N-ethyl adjacent to an activating group) is 1. The molecule has 5 rings (SSSR count). The number of phenols is 2. The number of carbonyl (C=O) groups is 9. The molecule has 0 aliphatic carbocycles. The fourth-order valence-corrected chi connectivity index (χ4v) is 11.2. The zero-order valence-corrected chi connectivity index (χ0v) is 48.6. The van der Waals surface area contributed by atoms with E-state index in [1.807, 2.05) is 13.8 Å².